The quantitative estimate of drug-likeness (QED) is 0.733. The molecule has 0 spiro atoms. The molecule has 4 nitrogen and oxygen atoms in total. The Morgan fingerprint density at radius 1 is 1.43 bits per heavy atom. The summed E-state index contributed by atoms with van der Waals surface area (Å²) in [5, 5.41) is 18.8. The first-order chi connectivity index (χ1) is 6.61. The zero-order chi connectivity index (χ0) is 10.3. The maximum absolute atomic E-state index is 10.8. The maximum atomic E-state index is 10.8. The summed E-state index contributed by atoms with van der Waals surface area (Å²) in [5.74, 6) is -1.12. The number of aromatic nitrogens is 1. The number of hydrogen-bond acceptors (Lipinski definition) is 2. The second-order valence-corrected chi connectivity index (χ2v) is 3.68. The van der Waals surface area contributed by atoms with E-state index >= 15 is 0 Å². The monoisotopic (exact) mass is 255 g/mol. The summed E-state index contributed by atoms with van der Waals surface area (Å²) >= 11 is 3.13. The van der Waals surface area contributed by atoms with Crippen molar-refractivity contribution in [1.29, 1.82) is 0 Å². The SMILES string of the molecule is O=C(O)c1c[nH]c2ccc(Br)c(O)c12. The smallest absolute Gasteiger partial charge is 0.338 e. The highest BCUT2D eigenvalue weighted by Crippen LogP contribution is 2.34. The van der Waals surface area contributed by atoms with E-state index in [2.05, 4.69) is 20.9 Å². The van der Waals surface area contributed by atoms with E-state index in [0.29, 0.717) is 15.4 Å². The third-order valence-corrected chi connectivity index (χ3v) is 2.64. The molecule has 72 valence electrons. The number of carboxylic acids is 1. The van der Waals surface area contributed by atoms with Crippen LogP contribution < -0.4 is 0 Å². The number of carbonyl (C=O) groups is 1. The number of phenols is 1. The van der Waals surface area contributed by atoms with Crippen molar-refractivity contribution in [2.75, 3.05) is 0 Å². The Hall–Kier alpha value is -1.49. The third kappa shape index (κ3) is 1.17. The fourth-order valence-electron chi connectivity index (χ4n) is 1.35. The lowest BCUT2D eigenvalue weighted by molar-refractivity contribution is 0.0699. The van der Waals surface area contributed by atoms with Gasteiger partial charge in [-0.3, -0.25) is 0 Å². The van der Waals surface area contributed by atoms with Crippen molar-refractivity contribution in [2.45, 2.75) is 0 Å². The number of benzene rings is 1. The van der Waals surface area contributed by atoms with Crippen LogP contribution in [0.2, 0.25) is 0 Å². The summed E-state index contributed by atoms with van der Waals surface area (Å²) in [4.78, 5) is 13.6. The zero-order valence-electron chi connectivity index (χ0n) is 6.91. The summed E-state index contributed by atoms with van der Waals surface area (Å²) in [7, 11) is 0. The van der Waals surface area contributed by atoms with Crippen molar-refractivity contribution in [3.63, 3.8) is 0 Å². The highest BCUT2D eigenvalue weighted by molar-refractivity contribution is 9.10. The van der Waals surface area contributed by atoms with E-state index in [1.54, 1.807) is 12.1 Å². The van der Waals surface area contributed by atoms with Gasteiger partial charge in [0.25, 0.3) is 0 Å². The first kappa shape index (κ1) is 9.08. The van der Waals surface area contributed by atoms with Crippen LogP contribution in [0.3, 0.4) is 0 Å². The molecule has 2 aromatic rings. The number of carboxylic acid groups (broad SMARTS) is 1. The summed E-state index contributed by atoms with van der Waals surface area (Å²) in [5.41, 5.74) is 0.668. The van der Waals surface area contributed by atoms with E-state index in [4.69, 9.17) is 5.11 Å². The molecule has 5 heteroatoms. The molecular weight excluding hydrogens is 250 g/mol. The second-order valence-electron chi connectivity index (χ2n) is 2.83. The van der Waals surface area contributed by atoms with Gasteiger partial charge >= 0.3 is 5.97 Å². The number of halogens is 1. The van der Waals surface area contributed by atoms with Gasteiger partial charge in [-0.2, -0.15) is 0 Å². The van der Waals surface area contributed by atoms with Gasteiger partial charge in [-0.05, 0) is 28.1 Å². The van der Waals surface area contributed by atoms with Gasteiger partial charge in [-0.1, -0.05) is 0 Å². The molecule has 0 bridgehead atoms. The number of rotatable bonds is 1. The maximum Gasteiger partial charge on any atom is 0.338 e. The van der Waals surface area contributed by atoms with Crippen LogP contribution in [0, 0.1) is 0 Å². The minimum atomic E-state index is -1.07. The summed E-state index contributed by atoms with van der Waals surface area (Å²) in [6, 6.07) is 3.35. The molecule has 0 amide bonds. The molecule has 0 saturated heterocycles. The van der Waals surface area contributed by atoms with Crippen molar-refractivity contribution in [3.05, 3.63) is 28.4 Å². The van der Waals surface area contributed by atoms with Crippen LogP contribution in [0.5, 0.6) is 5.75 Å². The molecule has 0 radical (unpaired) electrons. The Labute approximate surface area is 87.3 Å². The molecule has 0 aliphatic heterocycles. The molecule has 0 aliphatic carbocycles. The van der Waals surface area contributed by atoms with E-state index in [0.717, 1.165) is 0 Å². The van der Waals surface area contributed by atoms with Crippen LogP contribution in [0.1, 0.15) is 10.4 Å². The van der Waals surface area contributed by atoms with Crippen LogP contribution >= 0.6 is 15.9 Å². The highest BCUT2D eigenvalue weighted by atomic mass is 79.9. The second kappa shape index (κ2) is 3.02. The van der Waals surface area contributed by atoms with Gasteiger partial charge in [0.05, 0.1) is 20.9 Å². The molecule has 0 atom stereocenters. The minimum absolute atomic E-state index is 0.0545. The number of aromatic carboxylic acids is 1. The largest absolute Gasteiger partial charge is 0.506 e. The lowest BCUT2D eigenvalue weighted by Crippen LogP contribution is -1.93. The van der Waals surface area contributed by atoms with E-state index < -0.39 is 5.97 Å². The number of phenolic OH excluding ortho intramolecular Hbond substituents is 1. The van der Waals surface area contributed by atoms with Gasteiger partial charge in [-0.25, -0.2) is 4.79 Å². The van der Waals surface area contributed by atoms with Crippen LogP contribution in [0.4, 0.5) is 0 Å². The first-order valence-corrected chi connectivity index (χ1v) is 4.62. The van der Waals surface area contributed by atoms with Gasteiger partial charge in [0.2, 0.25) is 0 Å². The van der Waals surface area contributed by atoms with Crippen molar-refractivity contribution >= 4 is 32.8 Å². The van der Waals surface area contributed by atoms with Crippen molar-refractivity contribution in [1.82, 2.24) is 4.98 Å². The average molecular weight is 256 g/mol. The van der Waals surface area contributed by atoms with Crippen LogP contribution in [-0.2, 0) is 0 Å². The Morgan fingerprint density at radius 3 is 2.79 bits per heavy atom. The molecule has 1 aromatic carbocycles. The molecule has 3 N–H and O–H groups in total. The minimum Gasteiger partial charge on any atom is -0.506 e. The van der Waals surface area contributed by atoms with E-state index in [-0.39, 0.29) is 11.3 Å². The zero-order valence-corrected chi connectivity index (χ0v) is 8.50. The molecule has 1 aromatic heterocycles. The Morgan fingerprint density at radius 2 is 2.14 bits per heavy atom. The van der Waals surface area contributed by atoms with Crippen LogP contribution in [0.15, 0.2) is 22.8 Å². The number of fused-ring (bicyclic) bond motifs is 1. The Kier molecular flexibility index (Phi) is 1.96. The van der Waals surface area contributed by atoms with Crippen molar-refractivity contribution in [3.8, 4) is 5.75 Å². The number of nitrogens with one attached hydrogen (secondary N) is 1. The Balaban J connectivity index is 2.89. The van der Waals surface area contributed by atoms with Crippen LogP contribution in [-0.4, -0.2) is 21.2 Å². The molecule has 0 saturated carbocycles. The molecule has 2 rings (SSSR count). The van der Waals surface area contributed by atoms with Gasteiger partial charge in [0.15, 0.2) is 0 Å². The van der Waals surface area contributed by atoms with E-state index in [9.17, 15) is 9.90 Å². The van der Waals surface area contributed by atoms with Gasteiger partial charge in [0, 0.05) is 6.20 Å². The topological polar surface area (TPSA) is 73.3 Å². The molecule has 0 unspecified atom stereocenters. The summed E-state index contributed by atoms with van der Waals surface area (Å²) < 4.78 is 0.479. The predicted molar refractivity (Wildman–Crippen MR) is 54.6 cm³/mol. The summed E-state index contributed by atoms with van der Waals surface area (Å²) in [6.07, 6.45) is 1.36. The Bertz CT molecular complexity index is 518. The van der Waals surface area contributed by atoms with Crippen molar-refractivity contribution in [2.24, 2.45) is 0 Å². The van der Waals surface area contributed by atoms with Gasteiger partial charge in [-0.15, -0.1) is 0 Å². The fraction of sp³-hybridized carbons (Fsp3) is 0. The fourth-order valence-corrected chi connectivity index (χ4v) is 1.68. The molecule has 1 heterocycles. The molecule has 0 fully saturated rings. The summed E-state index contributed by atoms with van der Waals surface area (Å²) in [6.45, 7) is 0. The third-order valence-electron chi connectivity index (χ3n) is 2.00. The van der Waals surface area contributed by atoms with E-state index in [1.807, 2.05) is 0 Å². The lowest BCUT2D eigenvalue weighted by Gasteiger charge is -1.99. The average Bonchev–Trinajstić information content (AvgIpc) is 2.55. The van der Waals surface area contributed by atoms with Crippen LogP contribution in [0.25, 0.3) is 10.9 Å². The predicted octanol–water partition coefficient (Wildman–Crippen LogP) is 2.33. The molecule has 14 heavy (non-hydrogen) atoms. The number of aromatic amines is 1. The number of hydrogen-bond donors (Lipinski definition) is 3. The molecular formula is C9H6BrNO3. The normalized spacial score (nSPS) is 10.6. The molecule has 0 aliphatic rings. The van der Waals surface area contributed by atoms with Crippen molar-refractivity contribution < 1.29 is 15.0 Å². The first-order valence-electron chi connectivity index (χ1n) is 3.83. The number of H-pyrrole nitrogens is 1. The standard InChI is InChI=1S/C9H6BrNO3/c10-5-1-2-6-7(8(5)12)4(3-11-6)9(13)14/h1-3,11-12H,(H,13,14). The van der Waals surface area contributed by atoms with E-state index in [1.165, 1.54) is 6.20 Å². The van der Waals surface area contributed by atoms with Gasteiger partial charge in [0.1, 0.15) is 5.75 Å². The number of aromatic hydroxyl groups is 1. The highest BCUT2D eigenvalue weighted by Gasteiger charge is 2.15. The van der Waals surface area contributed by atoms with Gasteiger partial charge < -0.3 is 15.2 Å². The lowest BCUT2D eigenvalue weighted by atomic mass is 10.1.